The zero-order valence-corrected chi connectivity index (χ0v) is 26.7. The van der Waals surface area contributed by atoms with Crippen molar-refractivity contribution in [2.45, 2.75) is 62.3 Å². The van der Waals surface area contributed by atoms with Gasteiger partial charge in [-0.1, -0.05) is 0 Å². The minimum absolute atomic E-state index is 0.534. The van der Waals surface area contributed by atoms with Gasteiger partial charge in [0.05, 0.1) is 38.8 Å². The average Bonchev–Trinajstić information content (AvgIpc) is 3.05. The standard InChI is InChI=1S/C26H40N8O17/c27-11(5-20(43)44)22(47)29-6-16(37)28-7-17(38)31-14(9-35)25(50)33-13(2-4-19(41)42)24(49)34-15(10-36)26(51)32-12(1-3-18(39)40)23(48)30-8-21(45)46/h11-15,35-36H,1-10,27H2,(H,28,37)(H,29,47)(H,30,48)(H,31,38)(H,32,51)(H,33,50)(H,34,49)(H,39,40)(H,41,42)(H,43,44)(H,45,46)/t11-,12-,13-,14-,15-/m0/s1. The molecule has 0 saturated carbocycles. The number of aliphatic hydroxyl groups is 2. The molecule has 286 valence electrons. The van der Waals surface area contributed by atoms with Crippen LogP contribution in [0.15, 0.2) is 0 Å². The van der Waals surface area contributed by atoms with E-state index in [0.717, 1.165) is 0 Å². The number of nitrogens with one attached hydrogen (secondary N) is 7. The Bertz CT molecular complexity index is 1330. The molecule has 25 nitrogen and oxygen atoms in total. The highest BCUT2D eigenvalue weighted by Crippen LogP contribution is 2.03. The molecule has 0 aliphatic heterocycles. The van der Waals surface area contributed by atoms with Gasteiger partial charge in [0, 0.05) is 12.8 Å². The third-order valence-corrected chi connectivity index (χ3v) is 6.22. The zero-order valence-electron chi connectivity index (χ0n) is 26.7. The van der Waals surface area contributed by atoms with Gasteiger partial charge in [-0.05, 0) is 12.8 Å². The van der Waals surface area contributed by atoms with E-state index in [1.54, 1.807) is 0 Å². The van der Waals surface area contributed by atoms with E-state index in [4.69, 9.17) is 26.2 Å². The van der Waals surface area contributed by atoms with E-state index in [-0.39, 0.29) is 0 Å². The highest BCUT2D eigenvalue weighted by atomic mass is 16.4. The first-order valence-corrected chi connectivity index (χ1v) is 14.7. The van der Waals surface area contributed by atoms with Crippen LogP contribution in [0.3, 0.4) is 0 Å². The van der Waals surface area contributed by atoms with Crippen molar-refractivity contribution in [3.8, 4) is 0 Å². The molecule has 0 saturated heterocycles. The highest BCUT2D eigenvalue weighted by Gasteiger charge is 2.31. The monoisotopic (exact) mass is 736 g/mol. The van der Waals surface area contributed by atoms with Crippen LogP contribution in [-0.2, 0) is 52.7 Å². The van der Waals surface area contributed by atoms with Crippen molar-refractivity contribution in [2.75, 3.05) is 32.8 Å². The molecule has 0 radical (unpaired) electrons. The summed E-state index contributed by atoms with van der Waals surface area (Å²) in [5.74, 6) is -13.5. The van der Waals surface area contributed by atoms with E-state index in [0.29, 0.717) is 0 Å². The summed E-state index contributed by atoms with van der Waals surface area (Å²) in [7, 11) is 0. The number of hydrogen-bond donors (Lipinski definition) is 14. The summed E-state index contributed by atoms with van der Waals surface area (Å²) in [6, 6.07) is -8.54. The normalized spacial score (nSPS) is 13.4. The van der Waals surface area contributed by atoms with Gasteiger partial charge in [0.25, 0.3) is 0 Å². The predicted molar refractivity (Wildman–Crippen MR) is 163 cm³/mol. The second kappa shape index (κ2) is 23.4. The molecular formula is C26H40N8O17. The first-order chi connectivity index (χ1) is 23.8. The molecule has 15 N–H and O–H groups in total. The molecule has 0 unspecified atom stereocenters. The maximum atomic E-state index is 13.0. The Kier molecular flexibility index (Phi) is 20.7. The van der Waals surface area contributed by atoms with Crippen molar-refractivity contribution in [1.82, 2.24) is 37.2 Å². The molecule has 51 heavy (non-hydrogen) atoms. The number of aliphatic hydroxyl groups excluding tert-OH is 2. The molecule has 5 atom stereocenters. The summed E-state index contributed by atoms with van der Waals surface area (Å²) >= 11 is 0. The summed E-state index contributed by atoms with van der Waals surface area (Å²) in [5.41, 5.74) is 5.34. The molecule has 0 spiro atoms. The number of rotatable bonds is 25. The summed E-state index contributed by atoms with van der Waals surface area (Å²) in [6.45, 7) is -4.63. The Morgan fingerprint density at radius 1 is 0.451 bits per heavy atom. The van der Waals surface area contributed by atoms with Crippen LogP contribution in [0.2, 0.25) is 0 Å². The van der Waals surface area contributed by atoms with Crippen LogP contribution in [0.4, 0.5) is 0 Å². The van der Waals surface area contributed by atoms with Gasteiger partial charge in [0.2, 0.25) is 41.4 Å². The molecule has 0 fully saturated rings. The van der Waals surface area contributed by atoms with Crippen molar-refractivity contribution in [1.29, 1.82) is 0 Å². The molecule has 0 heterocycles. The van der Waals surface area contributed by atoms with E-state index < -0.39 is 160 Å². The Labute approximate surface area is 287 Å². The Hall–Kier alpha value is -5.95. The van der Waals surface area contributed by atoms with Crippen molar-refractivity contribution in [3.05, 3.63) is 0 Å². The lowest BCUT2D eigenvalue weighted by Gasteiger charge is -2.25. The van der Waals surface area contributed by atoms with Gasteiger partial charge in [-0.15, -0.1) is 0 Å². The Morgan fingerprint density at radius 3 is 1.31 bits per heavy atom. The second-order valence-corrected chi connectivity index (χ2v) is 10.3. The SMILES string of the molecule is N[C@@H](CC(=O)O)C(=O)NCC(=O)NCC(=O)N[C@@H](CO)C(=O)N[C@@H](CCC(=O)O)C(=O)N[C@@H](CO)C(=O)N[C@@H](CCC(=O)O)C(=O)NCC(=O)O. The average molecular weight is 737 g/mol. The molecule has 0 bridgehead atoms. The van der Waals surface area contributed by atoms with Crippen LogP contribution in [-0.4, -0.2) is 159 Å². The number of carbonyl (C=O) groups excluding carboxylic acids is 7. The van der Waals surface area contributed by atoms with Crippen LogP contribution < -0.4 is 43.0 Å². The van der Waals surface area contributed by atoms with Crippen LogP contribution >= 0.6 is 0 Å². The fourth-order valence-electron chi connectivity index (χ4n) is 3.63. The number of amides is 7. The Balaban J connectivity index is 5.48. The molecule has 0 aromatic heterocycles. The number of carboxylic acid groups (broad SMARTS) is 4. The fourth-order valence-corrected chi connectivity index (χ4v) is 3.63. The van der Waals surface area contributed by atoms with Crippen molar-refractivity contribution in [2.24, 2.45) is 5.73 Å². The van der Waals surface area contributed by atoms with Crippen LogP contribution in [0.5, 0.6) is 0 Å². The first-order valence-electron chi connectivity index (χ1n) is 14.7. The molecule has 0 aromatic carbocycles. The third kappa shape index (κ3) is 19.6. The van der Waals surface area contributed by atoms with E-state index >= 15 is 0 Å². The van der Waals surface area contributed by atoms with Crippen molar-refractivity contribution in [3.63, 3.8) is 0 Å². The minimum atomic E-state index is -1.88. The largest absolute Gasteiger partial charge is 0.481 e. The zero-order chi connectivity index (χ0) is 39.3. The summed E-state index contributed by atoms with van der Waals surface area (Å²) in [5, 5.41) is 68.9. The molecule has 0 aliphatic carbocycles. The highest BCUT2D eigenvalue weighted by molar-refractivity contribution is 5.97. The van der Waals surface area contributed by atoms with Gasteiger partial charge in [-0.25, -0.2) is 0 Å². The van der Waals surface area contributed by atoms with Gasteiger partial charge >= 0.3 is 23.9 Å². The lowest BCUT2D eigenvalue weighted by Crippen LogP contribution is -2.60. The van der Waals surface area contributed by atoms with Crippen molar-refractivity contribution >= 4 is 65.2 Å². The van der Waals surface area contributed by atoms with E-state index in [1.807, 2.05) is 21.3 Å². The fraction of sp³-hybridized carbons (Fsp3) is 0.577. The number of hydrogen-bond acceptors (Lipinski definition) is 14. The minimum Gasteiger partial charge on any atom is -0.481 e. The number of aliphatic carboxylic acids is 4. The van der Waals surface area contributed by atoms with Crippen LogP contribution in [0.1, 0.15) is 32.1 Å². The lowest BCUT2D eigenvalue weighted by molar-refractivity contribution is -0.140. The summed E-state index contributed by atoms with van der Waals surface area (Å²) < 4.78 is 0. The molecule has 0 aromatic rings. The second-order valence-electron chi connectivity index (χ2n) is 10.3. The van der Waals surface area contributed by atoms with Gasteiger partial charge in [-0.3, -0.25) is 52.7 Å². The molecule has 0 aliphatic rings. The number of carbonyl (C=O) groups is 11. The maximum absolute atomic E-state index is 13.0. The van der Waals surface area contributed by atoms with Gasteiger partial charge in [-0.2, -0.15) is 0 Å². The molecule has 25 heteroatoms. The van der Waals surface area contributed by atoms with Crippen molar-refractivity contribution < 1.29 is 83.4 Å². The topological polar surface area (TPSA) is 419 Å². The quantitative estimate of drug-likeness (QED) is 0.0414. The smallest absolute Gasteiger partial charge is 0.322 e. The maximum Gasteiger partial charge on any atom is 0.322 e. The Morgan fingerprint density at radius 2 is 0.863 bits per heavy atom. The van der Waals surface area contributed by atoms with Crippen LogP contribution in [0.25, 0.3) is 0 Å². The first kappa shape index (κ1) is 45.0. The van der Waals surface area contributed by atoms with Gasteiger partial charge in [0.15, 0.2) is 0 Å². The molecule has 0 rings (SSSR count). The summed E-state index contributed by atoms with van der Waals surface area (Å²) in [6.07, 6.45) is -3.28. The third-order valence-electron chi connectivity index (χ3n) is 6.22. The lowest BCUT2D eigenvalue weighted by atomic mass is 10.1. The number of nitrogens with two attached hydrogens (primary N) is 1. The summed E-state index contributed by atoms with van der Waals surface area (Å²) in [4.78, 5) is 130. The van der Waals surface area contributed by atoms with Crippen LogP contribution in [0, 0.1) is 0 Å². The molecular weight excluding hydrogens is 696 g/mol. The van der Waals surface area contributed by atoms with Gasteiger partial charge < -0.3 is 73.6 Å². The molecule has 7 amide bonds. The van der Waals surface area contributed by atoms with E-state index in [2.05, 4.69) is 16.0 Å². The number of carboxylic acids is 4. The van der Waals surface area contributed by atoms with E-state index in [9.17, 15) is 63.0 Å². The van der Waals surface area contributed by atoms with Gasteiger partial charge in [0.1, 0.15) is 30.7 Å². The predicted octanol–water partition coefficient (Wildman–Crippen LogP) is -8.13. The van der Waals surface area contributed by atoms with E-state index in [1.165, 1.54) is 0 Å².